The Kier molecular flexibility index (Phi) is 2.73. The molecule has 2 rings (SSSR count). The summed E-state index contributed by atoms with van der Waals surface area (Å²) in [7, 11) is 1.67. The highest BCUT2D eigenvalue weighted by molar-refractivity contribution is 5.88. The van der Waals surface area contributed by atoms with Gasteiger partial charge in [-0.05, 0) is 6.07 Å². The second-order valence-electron chi connectivity index (χ2n) is 3.23. The fraction of sp³-hybridized carbons (Fsp3) is 0.100. The zero-order chi connectivity index (χ0) is 12.4. The van der Waals surface area contributed by atoms with Crippen molar-refractivity contribution < 1.29 is 19.0 Å². The maximum atomic E-state index is 13.6. The third-order valence-corrected chi connectivity index (χ3v) is 1.98. The number of hydrogen-bond donors (Lipinski definition) is 1. The minimum Gasteiger partial charge on any atom is -0.478 e. The van der Waals surface area contributed by atoms with Crippen LogP contribution in [0, 0.1) is 5.82 Å². The van der Waals surface area contributed by atoms with E-state index in [2.05, 4.69) is 10.1 Å². The number of hydrogen-bond acceptors (Lipinski definition) is 4. The summed E-state index contributed by atoms with van der Waals surface area (Å²) in [4.78, 5) is 14.3. The van der Waals surface area contributed by atoms with Gasteiger partial charge in [-0.15, -0.1) is 0 Å². The fourth-order valence-corrected chi connectivity index (χ4v) is 1.22. The predicted octanol–water partition coefficient (Wildman–Crippen LogP) is 1.44. The summed E-state index contributed by atoms with van der Waals surface area (Å²) >= 11 is 0. The number of carbonyl (C=O) groups is 1. The summed E-state index contributed by atoms with van der Waals surface area (Å²) in [5.41, 5.74) is -0.487. The Morgan fingerprint density at radius 2 is 2.35 bits per heavy atom. The molecule has 0 aliphatic carbocycles. The molecule has 0 bridgehead atoms. The van der Waals surface area contributed by atoms with Crippen LogP contribution in [-0.2, 0) is 7.05 Å². The first-order chi connectivity index (χ1) is 8.08. The molecule has 0 fully saturated rings. The van der Waals surface area contributed by atoms with Crippen molar-refractivity contribution in [1.29, 1.82) is 0 Å². The molecular formula is C10H8FN3O3. The average Bonchev–Trinajstić information content (AvgIpc) is 2.67. The SMILES string of the molecule is Cn1cc(Oc2nccc(C(=O)O)c2F)cn1. The number of ether oxygens (including phenoxy) is 1. The first-order valence-corrected chi connectivity index (χ1v) is 4.62. The normalized spacial score (nSPS) is 10.2. The third-order valence-electron chi connectivity index (χ3n) is 1.98. The minimum atomic E-state index is -1.37. The van der Waals surface area contributed by atoms with Crippen LogP contribution in [0.2, 0.25) is 0 Å². The predicted molar refractivity (Wildman–Crippen MR) is 54.4 cm³/mol. The topological polar surface area (TPSA) is 77.2 Å². The number of carboxylic acids is 1. The van der Waals surface area contributed by atoms with E-state index in [4.69, 9.17) is 9.84 Å². The molecule has 0 amide bonds. The lowest BCUT2D eigenvalue weighted by Crippen LogP contribution is -2.03. The summed E-state index contributed by atoms with van der Waals surface area (Å²) in [6, 6.07) is 1.06. The van der Waals surface area contributed by atoms with Gasteiger partial charge in [-0.1, -0.05) is 0 Å². The smallest absolute Gasteiger partial charge is 0.338 e. The summed E-state index contributed by atoms with van der Waals surface area (Å²) < 4.78 is 20.2. The molecule has 0 aliphatic rings. The highest BCUT2D eigenvalue weighted by Crippen LogP contribution is 2.23. The number of pyridine rings is 1. The van der Waals surface area contributed by atoms with Crippen LogP contribution in [0.3, 0.4) is 0 Å². The molecule has 0 aromatic carbocycles. The molecule has 0 saturated carbocycles. The Morgan fingerprint density at radius 1 is 1.59 bits per heavy atom. The van der Waals surface area contributed by atoms with Gasteiger partial charge in [-0.25, -0.2) is 14.2 Å². The maximum absolute atomic E-state index is 13.6. The molecule has 0 radical (unpaired) electrons. The molecule has 17 heavy (non-hydrogen) atoms. The number of halogens is 1. The van der Waals surface area contributed by atoms with Gasteiger partial charge in [0, 0.05) is 13.2 Å². The minimum absolute atomic E-state index is 0.279. The molecule has 0 saturated heterocycles. The van der Waals surface area contributed by atoms with Crippen molar-refractivity contribution in [3.05, 3.63) is 36.0 Å². The van der Waals surface area contributed by atoms with Crippen molar-refractivity contribution in [2.75, 3.05) is 0 Å². The van der Waals surface area contributed by atoms with Gasteiger partial charge in [0.15, 0.2) is 11.6 Å². The van der Waals surface area contributed by atoms with Crippen LogP contribution in [-0.4, -0.2) is 25.8 Å². The Hall–Kier alpha value is -2.44. The lowest BCUT2D eigenvalue weighted by atomic mass is 10.2. The van der Waals surface area contributed by atoms with Gasteiger partial charge >= 0.3 is 5.97 Å². The number of carboxylic acid groups (broad SMARTS) is 1. The van der Waals surface area contributed by atoms with E-state index in [9.17, 15) is 9.18 Å². The second kappa shape index (κ2) is 4.20. The lowest BCUT2D eigenvalue weighted by molar-refractivity contribution is 0.0690. The Morgan fingerprint density at radius 3 is 2.94 bits per heavy atom. The number of aryl methyl sites for hydroxylation is 1. The summed E-state index contributed by atoms with van der Waals surface area (Å²) in [6.07, 6.45) is 4.04. The lowest BCUT2D eigenvalue weighted by Gasteiger charge is -2.04. The fourth-order valence-electron chi connectivity index (χ4n) is 1.22. The monoisotopic (exact) mass is 237 g/mol. The van der Waals surface area contributed by atoms with Crippen LogP contribution in [0.15, 0.2) is 24.7 Å². The average molecular weight is 237 g/mol. The molecule has 6 nitrogen and oxygen atoms in total. The van der Waals surface area contributed by atoms with E-state index in [1.54, 1.807) is 7.05 Å². The highest BCUT2D eigenvalue weighted by Gasteiger charge is 2.17. The Bertz CT molecular complexity index is 568. The van der Waals surface area contributed by atoms with Gasteiger partial charge in [-0.3, -0.25) is 4.68 Å². The van der Waals surface area contributed by atoms with Crippen LogP contribution in [0.1, 0.15) is 10.4 Å². The third kappa shape index (κ3) is 2.22. The Labute approximate surface area is 95.3 Å². The van der Waals surface area contributed by atoms with E-state index in [0.717, 1.165) is 12.3 Å². The molecule has 88 valence electrons. The number of aromatic nitrogens is 3. The zero-order valence-electron chi connectivity index (χ0n) is 8.79. The van der Waals surface area contributed by atoms with Crippen molar-refractivity contribution >= 4 is 5.97 Å². The van der Waals surface area contributed by atoms with Crippen molar-refractivity contribution in [3.8, 4) is 11.6 Å². The molecule has 2 aromatic heterocycles. The van der Waals surface area contributed by atoms with E-state index >= 15 is 0 Å². The van der Waals surface area contributed by atoms with Crippen molar-refractivity contribution in [1.82, 2.24) is 14.8 Å². The first kappa shape index (κ1) is 11.1. The van der Waals surface area contributed by atoms with Gasteiger partial charge in [0.05, 0.1) is 12.4 Å². The second-order valence-corrected chi connectivity index (χ2v) is 3.23. The maximum Gasteiger partial charge on any atom is 0.338 e. The first-order valence-electron chi connectivity index (χ1n) is 4.62. The summed E-state index contributed by atoms with van der Waals surface area (Å²) in [5.74, 6) is -2.50. The molecular weight excluding hydrogens is 229 g/mol. The molecule has 0 unspecified atom stereocenters. The quantitative estimate of drug-likeness (QED) is 0.874. The van der Waals surface area contributed by atoms with Gasteiger partial charge in [0.25, 0.3) is 5.88 Å². The van der Waals surface area contributed by atoms with Gasteiger partial charge in [-0.2, -0.15) is 5.10 Å². The standard InChI is InChI=1S/C10H8FN3O3/c1-14-5-6(4-13-14)17-9-8(11)7(10(15)16)2-3-12-9/h2-5H,1H3,(H,15,16). The zero-order valence-corrected chi connectivity index (χ0v) is 8.79. The highest BCUT2D eigenvalue weighted by atomic mass is 19.1. The van der Waals surface area contributed by atoms with E-state index in [-0.39, 0.29) is 5.75 Å². The van der Waals surface area contributed by atoms with Crippen LogP contribution < -0.4 is 4.74 Å². The molecule has 0 spiro atoms. The van der Waals surface area contributed by atoms with Gasteiger partial charge in [0.2, 0.25) is 0 Å². The number of aromatic carboxylic acids is 1. The van der Waals surface area contributed by atoms with Gasteiger partial charge in [0.1, 0.15) is 5.56 Å². The molecule has 2 aromatic rings. The molecule has 0 atom stereocenters. The Balaban J connectivity index is 2.33. The largest absolute Gasteiger partial charge is 0.478 e. The van der Waals surface area contributed by atoms with E-state index in [1.807, 2.05) is 0 Å². The van der Waals surface area contributed by atoms with Crippen LogP contribution in [0.4, 0.5) is 4.39 Å². The molecule has 7 heteroatoms. The van der Waals surface area contributed by atoms with E-state index in [0.29, 0.717) is 0 Å². The van der Waals surface area contributed by atoms with Crippen molar-refractivity contribution in [2.24, 2.45) is 7.05 Å². The van der Waals surface area contributed by atoms with Crippen LogP contribution in [0.5, 0.6) is 11.6 Å². The summed E-state index contributed by atoms with van der Waals surface area (Å²) in [6.45, 7) is 0. The summed E-state index contributed by atoms with van der Waals surface area (Å²) in [5, 5.41) is 12.5. The van der Waals surface area contributed by atoms with Crippen LogP contribution >= 0.6 is 0 Å². The van der Waals surface area contributed by atoms with Crippen molar-refractivity contribution in [2.45, 2.75) is 0 Å². The van der Waals surface area contributed by atoms with Crippen molar-refractivity contribution in [3.63, 3.8) is 0 Å². The van der Waals surface area contributed by atoms with E-state index < -0.39 is 23.2 Å². The molecule has 2 heterocycles. The molecule has 1 N–H and O–H groups in total. The van der Waals surface area contributed by atoms with E-state index in [1.165, 1.54) is 17.1 Å². The number of nitrogens with zero attached hydrogens (tertiary/aromatic N) is 3. The molecule has 0 aliphatic heterocycles. The van der Waals surface area contributed by atoms with Gasteiger partial charge < -0.3 is 9.84 Å². The van der Waals surface area contributed by atoms with Crippen LogP contribution in [0.25, 0.3) is 0 Å². The number of rotatable bonds is 3.